The van der Waals surface area contributed by atoms with Crippen LogP contribution in [0.4, 0.5) is 0 Å². The summed E-state index contributed by atoms with van der Waals surface area (Å²) in [5.74, 6) is 0.566. The fraction of sp³-hybridized carbons (Fsp3) is 0.100. The zero-order valence-electron chi connectivity index (χ0n) is 14.7. The summed E-state index contributed by atoms with van der Waals surface area (Å²) in [6, 6.07) is 15.7. The number of hydrogen-bond acceptors (Lipinski definition) is 4. The van der Waals surface area contributed by atoms with Crippen LogP contribution in [0, 0.1) is 13.8 Å². The molecule has 0 amide bonds. The van der Waals surface area contributed by atoms with Gasteiger partial charge < -0.3 is 0 Å². The van der Waals surface area contributed by atoms with Crippen LogP contribution in [0.1, 0.15) is 11.5 Å². The molecule has 4 rings (SSSR count). The van der Waals surface area contributed by atoms with Gasteiger partial charge in [-0.05, 0) is 32.0 Å². The van der Waals surface area contributed by atoms with E-state index in [9.17, 15) is 8.42 Å². The first kappa shape index (κ1) is 17.7. The van der Waals surface area contributed by atoms with Gasteiger partial charge >= 0.3 is 0 Å². The molecule has 0 radical (unpaired) electrons. The largest absolute Gasteiger partial charge is 0.268 e. The second-order valence-corrected chi connectivity index (χ2v) is 8.37. The summed E-state index contributed by atoms with van der Waals surface area (Å²) in [4.78, 5) is 8.81. The number of benzene rings is 2. The van der Waals surface area contributed by atoms with Gasteiger partial charge in [-0.25, -0.2) is 22.4 Å². The SMILES string of the molecule is Cc1ncc(Cl)c(-c2c(C)n(S(=O)(=O)c3ccccc3)c3ccccc23)n1. The van der Waals surface area contributed by atoms with Gasteiger partial charge in [0.25, 0.3) is 10.0 Å². The molecule has 0 aliphatic rings. The average molecular weight is 398 g/mol. The van der Waals surface area contributed by atoms with E-state index in [1.165, 1.54) is 10.2 Å². The molecular formula is C20H16ClN3O2S. The molecule has 2 heterocycles. The monoisotopic (exact) mass is 397 g/mol. The highest BCUT2D eigenvalue weighted by Gasteiger charge is 2.26. The van der Waals surface area contributed by atoms with Crippen molar-refractivity contribution in [2.75, 3.05) is 0 Å². The molecule has 0 atom stereocenters. The zero-order valence-corrected chi connectivity index (χ0v) is 16.3. The van der Waals surface area contributed by atoms with Crippen LogP contribution >= 0.6 is 11.6 Å². The Labute approximate surface area is 162 Å². The zero-order chi connectivity index (χ0) is 19.2. The van der Waals surface area contributed by atoms with Crippen molar-refractivity contribution < 1.29 is 8.42 Å². The van der Waals surface area contributed by atoms with Gasteiger partial charge in [0, 0.05) is 22.8 Å². The van der Waals surface area contributed by atoms with Crippen LogP contribution in [0.2, 0.25) is 5.02 Å². The average Bonchev–Trinajstić information content (AvgIpc) is 2.97. The quantitative estimate of drug-likeness (QED) is 0.506. The first-order valence-electron chi connectivity index (χ1n) is 8.31. The molecule has 4 aromatic rings. The van der Waals surface area contributed by atoms with Gasteiger partial charge in [0.2, 0.25) is 0 Å². The summed E-state index contributed by atoms with van der Waals surface area (Å²) < 4.78 is 28.1. The van der Waals surface area contributed by atoms with E-state index in [0.717, 1.165) is 5.39 Å². The second kappa shape index (κ2) is 6.48. The summed E-state index contributed by atoms with van der Waals surface area (Å²) in [5.41, 5.74) is 2.36. The smallest absolute Gasteiger partial charge is 0.240 e. The first-order valence-corrected chi connectivity index (χ1v) is 10.1. The maximum atomic E-state index is 13.4. The van der Waals surface area contributed by atoms with Gasteiger partial charge in [-0.3, -0.25) is 0 Å². The summed E-state index contributed by atoms with van der Waals surface area (Å²) in [6.45, 7) is 3.54. The van der Waals surface area contributed by atoms with E-state index in [1.54, 1.807) is 50.2 Å². The Bertz CT molecular complexity index is 1270. The van der Waals surface area contributed by atoms with E-state index < -0.39 is 10.0 Å². The number of rotatable bonds is 3. The van der Waals surface area contributed by atoms with Crippen molar-refractivity contribution in [3.63, 3.8) is 0 Å². The van der Waals surface area contributed by atoms with E-state index in [4.69, 9.17) is 11.6 Å². The number of nitrogens with zero attached hydrogens (tertiary/aromatic N) is 3. The molecule has 5 nitrogen and oxygen atoms in total. The number of hydrogen-bond donors (Lipinski definition) is 0. The normalized spacial score (nSPS) is 11.8. The van der Waals surface area contributed by atoms with E-state index in [2.05, 4.69) is 9.97 Å². The predicted molar refractivity (Wildman–Crippen MR) is 106 cm³/mol. The minimum absolute atomic E-state index is 0.227. The highest BCUT2D eigenvalue weighted by atomic mass is 35.5. The van der Waals surface area contributed by atoms with Crippen LogP contribution in [0.5, 0.6) is 0 Å². The molecule has 0 aliphatic carbocycles. The Morgan fingerprint density at radius 3 is 2.37 bits per heavy atom. The molecular weight excluding hydrogens is 382 g/mol. The second-order valence-electron chi connectivity index (χ2n) is 6.17. The number of aromatic nitrogens is 3. The molecule has 0 bridgehead atoms. The number of para-hydroxylation sites is 1. The minimum Gasteiger partial charge on any atom is -0.240 e. The van der Waals surface area contributed by atoms with Crippen molar-refractivity contribution in [3.8, 4) is 11.3 Å². The molecule has 2 aromatic carbocycles. The molecule has 27 heavy (non-hydrogen) atoms. The molecule has 0 saturated carbocycles. The molecule has 0 N–H and O–H groups in total. The topological polar surface area (TPSA) is 64.8 Å². The molecule has 0 saturated heterocycles. The predicted octanol–water partition coefficient (Wildman–Crippen LogP) is 4.61. The Balaban J connectivity index is 2.11. The van der Waals surface area contributed by atoms with Gasteiger partial charge in [0.05, 0.1) is 21.1 Å². The Kier molecular flexibility index (Phi) is 4.25. The molecule has 7 heteroatoms. The van der Waals surface area contributed by atoms with Crippen LogP contribution in [-0.2, 0) is 10.0 Å². The molecule has 0 aliphatic heterocycles. The fourth-order valence-electron chi connectivity index (χ4n) is 3.28. The lowest BCUT2D eigenvalue weighted by molar-refractivity contribution is 0.588. The van der Waals surface area contributed by atoms with Crippen LogP contribution < -0.4 is 0 Å². The molecule has 0 spiro atoms. The van der Waals surface area contributed by atoms with Crippen molar-refractivity contribution in [1.29, 1.82) is 0 Å². The third-order valence-corrected chi connectivity index (χ3v) is 6.54. The van der Waals surface area contributed by atoms with Crippen molar-refractivity contribution in [3.05, 3.63) is 77.3 Å². The van der Waals surface area contributed by atoms with Gasteiger partial charge in [-0.1, -0.05) is 48.0 Å². The Morgan fingerprint density at radius 2 is 1.63 bits per heavy atom. The fourth-order valence-corrected chi connectivity index (χ4v) is 5.04. The maximum absolute atomic E-state index is 13.4. The van der Waals surface area contributed by atoms with Gasteiger partial charge in [-0.15, -0.1) is 0 Å². The van der Waals surface area contributed by atoms with Crippen molar-refractivity contribution in [1.82, 2.24) is 13.9 Å². The summed E-state index contributed by atoms with van der Waals surface area (Å²) in [5, 5.41) is 1.15. The Morgan fingerprint density at radius 1 is 0.963 bits per heavy atom. The highest BCUT2D eigenvalue weighted by Crippen LogP contribution is 2.38. The number of halogens is 1. The van der Waals surface area contributed by atoms with Crippen LogP contribution in [0.25, 0.3) is 22.2 Å². The van der Waals surface area contributed by atoms with E-state index >= 15 is 0 Å². The lowest BCUT2D eigenvalue weighted by Gasteiger charge is -2.10. The summed E-state index contributed by atoms with van der Waals surface area (Å²) in [6.07, 6.45) is 1.54. The van der Waals surface area contributed by atoms with E-state index in [0.29, 0.717) is 33.3 Å². The lowest BCUT2D eigenvalue weighted by atomic mass is 10.1. The third kappa shape index (κ3) is 2.81. The maximum Gasteiger partial charge on any atom is 0.268 e. The van der Waals surface area contributed by atoms with Gasteiger partial charge in [0.1, 0.15) is 5.82 Å². The summed E-state index contributed by atoms with van der Waals surface area (Å²) in [7, 11) is -3.78. The summed E-state index contributed by atoms with van der Waals surface area (Å²) >= 11 is 6.36. The molecule has 2 aromatic heterocycles. The number of fused-ring (bicyclic) bond motifs is 1. The first-order chi connectivity index (χ1) is 12.9. The van der Waals surface area contributed by atoms with E-state index in [-0.39, 0.29) is 4.90 Å². The van der Waals surface area contributed by atoms with Crippen molar-refractivity contribution in [2.45, 2.75) is 18.7 Å². The van der Waals surface area contributed by atoms with Crippen LogP contribution in [-0.4, -0.2) is 22.4 Å². The van der Waals surface area contributed by atoms with Crippen LogP contribution in [0.3, 0.4) is 0 Å². The highest BCUT2D eigenvalue weighted by molar-refractivity contribution is 7.90. The van der Waals surface area contributed by atoms with E-state index in [1.807, 2.05) is 18.2 Å². The van der Waals surface area contributed by atoms with Gasteiger partial charge in [0.15, 0.2) is 0 Å². The van der Waals surface area contributed by atoms with Crippen LogP contribution in [0.15, 0.2) is 65.7 Å². The standard InChI is InChI=1S/C20H16ClN3O2S/c1-13-19(20-17(21)12-22-14(2)23-20)16-10-6-7-11-18(16)24(13)27(25,26)15-8-4-3-5-9-15/h3-12H,1-2H3. The Hall–Kier alpha value is -2.70. The van der Waals surface area contributed by atoms with Crippen molar-refractivity contribution in [2.24, 2.45) is 0 Å². The van der Waals surface area contributed by atoms with Crippen molar-refractivity contribution >= 4 is 32.5 Å². The number of aryl methyl sites for hydroxylation is 1. The minimum atomic E-state index is -3.78. The van der Waals surface area contributed by atoms with Gasteiger partial charge in [-0.2, -0.15) is 0 Å². The molecule has 136 valence electrons. The lowest BCUT2D eigenvalue weighted by Crippen LogP contribution is -2.14. The third-order valence-electron chi connectivity index (χ3n) is 4.44. The molecule has 0 fully saturated rings. The molecule has 0 unspecified atom stereocenters.